The number of aryl methyl sites for hydroxylation is 4. The van der Waals surface area contributed by atoms with E-state index in [-0.39, 0.29) is 0 Å². The van der Waals surface area contributed by atoms with Crippen molar-refractivity contribution in [2.45, 2.75) is 53.0 Å². The number of hydrogen-bond acceptors (Lipinski definition) is 2. The normalized spacial score (nSPS) is 16.1. The molecular formula is C21H33N3. The number of piperazine rings is 1. The van der Waals surface area contributed by atoms with Crippen LogP contribution >= 0.6 is 0 Å². The van der Waals surface area contributed by atoms with Gasteiger partial charge in [0.25, 0.3) is 0 Å². The number of unbranched alkanes of at least 4 members (excludes halogenated alkanes) is 1. The Hall–Kier alpha value is -1.32. The Labute approximate surface area is 147 Å². The molecule has 0 spiro atoms. The fraction of sp³-hybridized carbons (Fsp3) is 0.619. The Morgan fingerprint density at radius 1 is 1.00 bits per heavy atom. The molecule has 1 fully saturated rings. The largest absolute Gasteiger partial charge is 0.347 e. The van der Waals surface area contributed by atoms with Gasteiger partial charge < -0.3 is 14.8 Å². The maximum absolute atomic E-state index is 3.44. The second-order valence-electron chi connectivity index (χ2n) is 7.35. The van der Waals surface area contributed by atoms with Gasteiger partial charge in [0.15, 0.2) is 0 Å². The fourth-order valence-electron chi connectivity index (χ4n) is 3.76. The van der Waals surface area contributed by atoms with Gasteiger partial charge in [0.1, 0.15) is 0 Å². The summed E-state index contributed by atoms with van der Waals surface area (Å²) in [7, 11) is 0. The van der Waals surface area contributed by atoms with Gasteiger partial charge in [0.2, 0.25) is 0 Å². The predicted molar refractivity (Wildman–Crippen MR) is 104 cm³/mol. The van der Waals surface area contributed by atoms with Gasteiger partial charge in [-0.3, -0.25) is 0 Å². The molecule has 1 aliphatic heterocycles. The molecule has 1 aromatic heterocycles. The molecule has 0 amide bonds. The van der Waals surface area contributed by atoms with Crippen LogP contribution in [0.1, 0.15) is 42.9 Å². The summed E-state index contributed by atoms with van der Waals surface area (Å²) in [6, 6.07) is 4.80. The highest BCUT2D eigenvalue weighted by Crippen LogP contribution is 2.26. The van der Waals surface area contributed by atoms with Crippen LogP contribution in [0.25, 0.3) is 10.9 Å². The van der Waals surface area contributed by atoms with E-state index in [2.05, 4.69) is 53.9 Å². The van der Waals surface area contributed by atoms with Crippen molar-refractivity contribution in [1.82, 2.24) is 14.8 Å². The highest BCUT2D eigenvalue weighted by molar-refractivity contribution is 5.85. The molecule has 0 saturated carbocycles. The van der Waals surface area contributed by atoms with E-state index in [9.17, 15) is 0 Å². The van der Waals surface area contributed by atoms with Crippen LogP contribution in [-0.2, 0) is 13.0 Å². The van der Waals surface area contributed by atoms with Gasteiger partial charge in [-0.25, -0.2) is 0 Å². The third-order valence-electron chi connectivity index (χ3n) is 5.46. The van der Waals surface area contributed by atoms with Gasteiger partial charge in [0, 0.05) is 49.8 Å². The summed E-state index contributed by atoms with van der Waals surface area (Å²) in [6.45, 7) is 13.8. The summed E-state index contributed by atoms with van der Waals surface area (Å²) in [6.07, 6.45) is 7.40. The van der Waals surface area contributed by atoms with Crippen LogP contribution in [0.5, 0.6) is 0 Å². The van der Waals surface area contributed by atoms with E-state index in [0.29, 0.717) is 0 Å². The minimum absolute atomic E-state index is 1.15. The van der Waals surface area contributed by atoms with Gasteiger partial charge in [-0.05, 0) is 68.5 Å². The second kappa shape index (κ2) is 8.17. The Morgan fingerprint density at radius 2 is 1.75 bits per heavy atom. The number of nitrogens with zero attached hydrogens (tertiary/aromatic N) is 2. The summed E-state index contributed by atoms with van der Waals surface area (Å²) in [5.41, 5.74) is 5.80. The van der Waals surface area contributed by atoms with E-state index < -0.39 is 0 Å². The van der Waals surface area contributed by atoms with Crippen molar-refractivity contribution in [3.63, 3.8) is 0 Å². The molecule has 3 rings (SSSR count). The first-order chi connectivity index (χ1) is 11.7. The van der Waals surface area contributed by atoms with Crippen LogP contribution < -0.4 is 5.32 Å². The molecule has 3 nitrogen and oxygen atoms in total. The van der Waals surface area contributed by atoms with E-state index in [1.807, 2.05) is 0 Å². The first kappa shape index (κ1) is 17.5. The summed E-state index contributed by atoms with van der Waals surface area (Å²) in [4.78, 5) is 2.60. The predicted octanol–water partition coefficient (Wildman–Crippen LogP) is 3.90. The molecule has 0 bridgehead atoms. The average molecular weight is 328 g/mol. The number of fused-ring (bicyclic) bond motifs is 1. The lowest BCUT2D eigenvalue weighted by atomic mass is 10.0. The van der Waals surface area contributed by atoms with Gasteiger partial charge >= 0.3 is 0 Å². The van der Waals surface area contributed by atoms with Crippen molar-refractivity contribution < 1.29 is 0 Å². The molecular weight excluding hydrogens is 294 g/mol. The zero-order valence-corrected chi connectivity index (χ0v) is 15.7. The van der Waals surface area contributed by atoms with E-state index >= 15 is 0 Å². The summed E-state index contributed by atoms with van der Waals surface area (Å²) < 4.78 is 2.49. The number of aromatic nitrogens is 1. The molecule has 1 aliphatic rings. The molecule has 2 aromatic rings. The Bertz CT molecular complexity index is 665. The van der Waals surface area contributed by atoms with E-state index in [4.69, 9.17) is 0 Å². The SMILES string of the molecule is CCCCn1cc(CCCN2CCNCC2)c2cc(C)c(C)cc21. The quantitative estimate of drug-likeness (QED) is 0.832. The monoisotopic (exact) mass is 327 g/mol. The van der Waals surface area contributed by atoms with E-state index in [1.165, 1.54) is 67.3 Å². The first-order valence-electron chi connectivity index (χ1n) is 9.71. The maximum atomic E-state index is 3.44. The molecule has 1 saturated heterocycles. The van der Waals surface area contributed by atoms with Crippen LogP contribution in [0.15, 0.2) is 18.3 Å². The van der Waals surface area contributed by atoms with Crippen LogP contribution in [0.3, 0.4) is 0 Å². The van der Waals surface area contributed by atoms with Crippen molar-refractivity contribution in [2.75, 3.05) is 32.7 Å². The average Bonchev–Trinajstić information content (AvgIpc) is 2.91. The van der Waals surface area contributed by atoms with Gasteiger partial charge in [-0.2, -0.15) is 0 Å². The van der Waals surface area contributed by atoms with Crippen LogP contribution in [0, 0.1) is 13.8 Å². The molecule has 0 aliphatic carbocycles. The molecule has 0 radical (unpaired) electrons. The lowest BCUT2D eigenvalue weighted by Crippen LogP contribution is -2.43. The highest BCUT2D eigenvalue weighted by atomic mass is 15.2. The third-order valence-corrected chi connectivity index (χ3v) is 5.46. The standard InChI is InChI=1S/C21H33N3/c1-4-5-11-24-16-19(7-6-10-23-12-8-22-9-13-23)20-14-17(2)18(3)15-21(20)24/h14-16,22H,4-13H2,1-3H3. The van der Waals surface area contributed by atoms with E-state index in [1.54, 1.807) is 5.56 Å². The minimum atomic E-state index is 1.15. The van der Waals surface area contributed by atoms with Gasteiger partial charge in [-0.15, -0.1) is 0 Å². The highest BCUT2D eigenvalue weighted by Gasteiger charge is 2.12. The summed E-state index contributed by atoms with van der Waals surface area (Å²) in [5, 5.41) is 4.92. The Balaban J connectivity index is 1.74. The van der Waals surface area contributed by atoms with Crippen LogP contribution in [0.4, 0.5) is 0 Å². The third kappa shape index (κ3) is 4.01. The van der Waals surface area contributed by atoms with Gasteiger partial charge in [0.05, 0.1) is 0 Å². The number of nitrogens with one attached hydrogen (secondary N) is 1. The summed E-state index contributed by atoms with van der Waals surface area (Å²) >= 11 is 0. The van der Waals surface area contributed by atoms with Crippen molar-refractivity contribution in [2.24, 2.45) is 0 Å². The van der Waals surface area contributed by atoms with E-state index in [0.717, 1.165) is 19.6 Å². The maximum Gasteiger partial charge on any atom is 0.0485 e. The Morgan fingerprint density at radius 3 is 2.50 bits per heavy atom. The lowest BCUT2D eigenvalue weighted by Gasteiger charge is -2.26. The van der Waals surface area contributed by atoms with Gasteiger partial charge in [-0.1, -0.05) is 13.3 Å². The van der Waals surface area contributed by atoms with Crippen LogP contribution in [-0.4, -0.2) is 42.2 Å². The minimum Gasteiger partial charge on any atom is -0.347 e. The molecule has 0 unspecified atom stereocenters. The topological polar surface area (TPSA) is 20.2 Å². The zero-order valence-electron chi connectivity index (χ0n) is 15.7. The smallest absolute Gasteiger partial charge is 0.0485 e. The summed E-state index contributed by atoms with van der Waals surface area (Å²) in [5.74, 6) is 0. The molecule has 2 heterocycles. The van der Waals surface area contributed by atoms with Crippen molar-refractivity contribution >= 4 is 10.9 Å². The number of hydrogen-bond donors (Lipinski definition) is 1. The van der Waals surface area contributed by atoms with Crippen molar-refractivity contribution in [3.8, 4) is 0 Å². The fourth-order valence-corrected chi connectivity index (χ4v) is 3.76. The van der Waals surface area contributed by atoms with Crippen molar-refractivity contribution in [3.05, 3.63) is 35.0 Å². The molecule has 0 atom stereocenters. The molecule has 1 aromatic carbocycles. The number of rotatable bonds is 7. The number of benzene rings is 1. The molecule has 1 N–H and O–H groups in total. The zero-order chi connectivity index (χ0) is 16.9. The lowest BCUT2D eigenvalue weighted by molar-refractivity contribution is 0.238. The Kier molecular flexibility index (Phi) is 5.96. The van der Waals surface area contributed by atoms with Crippen molar-refractivity contribution in [1.29, 1.82) is 0 Å². The molecule has 132 valence electrons. The molecule has 24 heavy (non-hydrogen) atoms. The second-order valence-corrected chi connectivity index (χ2v) is 7.35. The first-order valence-corrected chi connectivity index (χ1v) is 9.71. The molecule has 3 heteroatoms. The van der Waals surface area contributed by atoms with Crippen LogP contribution in [0.2, 0.25) is 0 Å².